The number of thiol groups is 4. The van der Waals surface area contributed by atoms with Gasteiger partial charge in [0.1, 0.15) is 32.2 Å². The number of hydrogen-bond acceptors (Lipinski definition) is 17. The van der Waals surface area contributed by atoms with E-state index >= 15 is 0 Å². The molecule has 0 aliphatic heterocycles. The maximum Gasteiger partial charge on any atom is 0.308 e. The first kappa shape index (κ1) is 106. The van der Waals surface area contributed by atoms with Crippen LogP contribution >= 0.6 is 69.5 Å². The Bertz CT molecular complexity index is 2580. The number of rotatable bonds is 81. The lowest BCUT2D eigenvalue weighted by molar-refractivity contribution is -0.167. The average molecular weight is 1770 g/mol. The van der Waals surface area contributed by atoms with Gasteiger partial charge in [-0.25, -0.2) is 40.1 Å². The Morgan fingerprint density at radius 3 is 0.912 bits per heavy atom. The average Bonchev–Trinajstić information content (AvgIpc) is 0.704. The Morgan fingerprint density at radius 2 is 0.619 bits per heavy atom. The van der Waals surface area contributed by atoms with Crippen LogP contribution in [0, 0.1) is 0 Å². The predicted molar refractivity (Wildman–Crippen MR) is 502 cm³/mol. The lowest BCUT2D eigenvalue weighted by Gasteiger charge is -2.60. The summed E-state index contributed by atoms with van der Waals surface area (Å²) in [5.74, 6) is -2.88. The fraction of sp³-hybridized carbons (Fsp3) is 0.908. The smallest absolute Gasteiger partial charge is 0.308 e. The molecule has 9 atom stereocenters. The van der Waals surface area contributed by atoms with Crippen molar-refractivity contribution >= 4 is 117 Å². The summed E-state index contributed by atoms with van der Waals surface area (Å²) in [4.78, 5) is 109. The molecule has 676 valence electrons. The van der Waals surface area contributed by atoms with Gasteiger partial charge in [-0.1, -0.05) is 299 Å². The molecule has 0 aromatic carbocycles. The topological polar surface area (TPSA) is 243 Å². The van der Waals surface area contributed by atoms with Crippen molar-refractivity contribution in [1.82, 2.24) is 4.72 Å². The third-order valence-corrected chi connectivity index (χ3v) is 60.7. The summed E-state index contributed by atoms with van der Waals surface area (Å²) in [6.07, 6.45) is 61.7. The van der Waals surface area contributed by atoms with Crippen LogP contribution in [-0.4, -0.2) is 196 Å². The number of Topliss-reactive ketones (excluding diaryl/α,β-unsaturated/α-hetero) is 1. The zero-order valence-corrected chi connectivity index (χ0v) is 81.6. The van der Waals surface area contributed by atoms with Crippen molar-refractivity contribution < 1.29 is 81.1 Å². The predicted octanol–water partition coefficient (Wildman–Crippen LogP) is 24.3. The van der Waals surface area contributed by atoms with Crippen molar-refractivity contribution in [3.05, 3.63) is 0 Å². The number of hydrogen-bond donors (Lipinski definition) is 6. The second-order valence-corrected chi connectivity index (χ2v) is 64.9. The van der Waals surface area contributed by atoms with E-state index in [4.69, 9.17) is 39.0 Å². The second-order valence-electron chi connectivity index (χ2n) is 32.1. The Hall–Kier alpha value is -1.04. The molecule has 26 heteroatoms. The van der Waals surface area contributed by atoms with Gasteiger partial charge in [0, 0.05) is 57.4 Å². The van der Waals surface area contributed by atoms with Crippen LogP contribution in [0.2, 0.25) is 0 Å². The molecule has 0 aliphatic carbocycles. The SMILES string of the molecule is CCCCCCCCCCCCCC(=O)OC[C@@H](COC(=O)CCOCCC(C)=O)OC(=O)CCCCCCCCCCCCC.[3H]S(C)(CPO)P(C)CS([3H])(C)P(C)CS([3H])(C)P(C)S([3H])(C)(C)(C)NC(=O)CCOCCC(=O)OC[C@H](COC(=O)CCCCCCCCCCCCC)OC(=O)CCCCCCCCCCCCC. The minimum absolute atomic E-state index is 0.0101. The number of carbonyl (C=O) groups excluding carboxylic acids is 8. The van der Waals surface area contributed by atoms with Crippen LogP contribution in [-0.2, 0) is 76.3 Å². The maximum atomic E-state index is 13.4. The first-order valence-corrected chi connectivity index (χ1v) is 62.5. The molecule has 0 spiro atoms. The molecule has 0 saturated carbocycles. The third-order valence-electron chi connectivity index (χ3n) is 20.1. The summed E-state index contributed by atoms with van der Waals surface area (Å²) in [5, 5.41) is 0. The summed E-state index contributed by atoms with van der Waals surface area (Å²) in [7, 11) is -11.6. The van der Waals surface area contributed by atoms with Crippen LogP contribution in [0.4, 0.5) is 0 Å². The number of ether oxygens (including phenoxy) is 8. The molecule has 7 unspecified atom stereocenters. The number of nitrogens with one attached hydrogen (secondary N) is 1. The van der Waals surface area contributed by atoms with Crippen molar-refractivity contribution in [2.75, 3.05) is 127 Å². The van der Waals surface area contributed by atoms with Gasteiger partial charge in [-0.2, -0.15) is 0 Å². The number of ketones is 1. The highest BCUT2D eigenvalue weighted by molar-refractivity contribution is 9.09. The van der Waals surface area contributed by atoms with E-state index in [2.05, 4.69) is 45.7 Å². The lowest BCUT2D eigenvalue weighted by atomic mass is 10.1. The fourth-order valence-electron chi connectivity index (χ4n) is 12.4. The van der Waals surface area contributed by atoms with Gasteiger partial charge < -0.3 is 47.5 Å². The van der Waals surface area contributed by atoms with Crippen molar-refractivity contribution in [1.29, 1.82) is 4.50 Å². The van der Waals surface area contributed by atoms with Crippen molar-refractivity contribution in [3.63, 3.8) is 0 Å². The quantitative estimate of drug-likeness (QED) is 0.0109. The summed E-state index contributed by atoms with van der Waals surface area (Å²) in [6.45, 7) is 16.2. The molecule has 0 fully saturated rings. The van der Waals surface area contributed by atoms with E-state index in [1.807, 2.05) is 25.4 Å². The van der Waals surface area contributed by atoms with Gasteiger partial charge in [0.15, 0.2) is 12.2 Å². The Balaban J connectivity index is 0. The molecule has 0 heterocycles. The zero-order chi connectivity index (χ0) is 88.0. The molecule has 0 saturated heterocycles. The monoisotopic (exact) mass is 1770 g/mol. The minimum atomic E-state index is -4.06. The van der Waals surface area contributed by atoms with E-state index in [0.29, 0.717) is 35.7 Å². The third kappa shape index (κ3) is 75.7. The molecule has 0 aromatic rings. The van der Waals surface area contributed by atoms with Gasteiger partial charge >= 0.3 is 35.8 Å². The Kier molecular flexibility index (Phi) is 74.6. The normalized spacial score (nSPS) is 16.6. The van der Waals surface area contributed by atoms with Crippen LogP contribution in [0.3, 0.4) is 0 Å². The Morgan fingerprint density at radius 1 is 0.372 bits per heavy atom. The summed E-state index contributed by atoms with van der Waals surface area (Å²) in [5.41, 5.74) is 1.70. The van der Waals surface area contributed by atoms with Crippen molar-refractivity contribution in [2.24, 2.45) is 0 Å². The lowest BCUT2D eigenvalue weighted by Crippen LogP contribution is -2.35. The minimum Gasteiger partial charge on any atom is -0.462 e. The summed E-state index contributed by atoms with van der Waals surface area (Å²) >= 11 is 0. The number of unbranched alkanes of at least 4 members (excludes halogenated alkanes) is 40. The molecule has 0 bridgehead atoms. The van der Waals surface area contributed by atoms with Crippen LogP contribution in [0.1, 0.15) is 369 Å². The first-order chi connectivity index (χ1) is 55.4. The fourth-order valence-corrected chi connectivity index (χ4v) is 52.4. The van der Waals surface area contributed by atoms with Gasteiger partial charge in [-0.3, -0.25) is 38.4 Å². The molecular weight excluding hydrogens is 1580 g/mol. The molecule has 0 radical (unpaired) electrons. The molecule has 2 N–H and O–H groups in total. The molecule has 113 heavy (non-hydrogen) atoms. The van der Waals surface area contributed by atoms with Gasteiger partial charge in [0.25, 0.3) is 0 Å². The van der Waals surface area contributed by atoms with Gasteiger partial charge in [-0.05, 0) is 96.5 Å². The molecule has 0 aliphatic rings. The van der Waals surface area contributed by atoms with Gasteiger partial charge in [0.05, 0.1) is 50.2 Å². The van der Waals surface area contributed by atoms with E-state index in [1.165, 1.54) is 206 Å². The van der Waals surface area contributed by atoms with E-state index in [1.54, 1.807) is 18.8 Å². The zero-order valence-electron chi connectivity index (χ0n) is 78.7. The van der Waals surface area contributed by atoms with Crippen LogP contribution in [0.15, 0.2) is 0 Å². The van der Waals surface area contributed by atoms with Gasteiger partial charge in [0.2, 0.25) is 5.91 Å². The Labute approximate surface area is 710 Å². The van der Waals surface area contributed by atoms with Crippen molar-refractivity contribution in [2.45, 2.75) is 381 Å². The first-order valence-electron chi connectivity index (χ1n) is 46.1. The molecule has 0 aromatic heterocycles. The van der Waals surface area contributed by atoms with Crippen LogP contribution < -0.4 is 4.72 Å². The number of esters is 6. The largest absolute Gasteiger partial charge is 0.462 e. The number of amides is 1. The van der Waals surface area contributed by atoms with E-state index < -0.39 is 90.8 Å². The van der Waals surface area contributed by atoms with Crippen LogP contribution in [0.25, 0.3) is 0 Å². The highest BCUT2D eigenvalue weighted by Gasteiger charge is 2.36. The van der Waals surface area contributed by atoms with E-state index in [0.717, 1.165) is 77.0 Å². The van der Waals surface area contributed by atoms with E-state index in [9.17, 15) is 46.6 Å². The molecule has 0 rings (SSSR count). The maximum absolute atomic E-state index is 13.4. The second kappa shape index (κ2) is 79.4. The standard InChI is InChI=1S/C49H107NO9P4S4.C38H70O8/c1-12-14-16-18-20-22-24-26-28-30-32-34-47(52)57-40-45(59-49(54)35-33-31-29-27-25-23-21-19-17-15-13-2)41-58-48(53)37-39-56-38-36-46(51)50-67(9,10,11)63(5)66(8)44-62(4)65(7)43-61(3)64(6)42-60-55;1-4-6-8-10-12-14-16-18-20-22-24-26-36(40)44-32-35(33-45-37(41)29-31-43-30-28-34(3)39)46-38(42)27-25-23-21-19-17-15-13-11-9-7-5-2/h45,55,60,64-67H,12-44H2,1-11H3,(H,50,51);35H,4-33H2,1-3H3/t45-,61?,62?,63?;35-/m00/s1/i64T,65T,66T,67T;. The molecule has 1 amide bonds. The highest BCUT2D eigenvalue weighted by atomic mass is 33.2. The van der Waals surface area contributed by atoms with E-state index in [-0.39, 0.29) is 130 Å². The number of carbonyl (C=O) groups is 8. The van der Waals surface area contributed by atoms with Gasteiger partial charge in [-0.15, -0.1) is 0 Å². The van der Waals surface area contributed by atoms with Crippen molar-refractivity contribution in [3.8, 4) is 0 Å². The highest BCUT2D eigenvalue weighted by Crippen LogP contribution is 2.91. The van der Waals surface area contributed by atoms with Crippen LogP contribution in [0.5, 0.6) is 0 Å². The summed E-state index contributed by atoms with van der Waals surface area (Å²) in [6, 6.07) is 0. The molecular formula is C87H177NO17P4S4. The molecule has 18 nitrogen and oxygen atoms in total. The summed E-state index contributed by atoms with van der Waals surface area (Å²) < 4.78 is 84.6.